The Kier molecular flexibility index (Phi) is 3.54. The highest BCUT2D eigenvalue weighted by atomic mass is 32.2. The smallest absolute Gasteiger partial charge is 0.238 e. The number of nitrogen functional groups attached to an aromatic ring is 1. The molecule has 0 saturated heterocycles. The second-order valence-corrected chi connectivity index (χ2v) is 4.82. The van der Waals surface area contributed by atoms with Crippen LogP contribution in [0.3, 0.4) is 0 Å². The maximum atomic E-state index is 11.1. The normalized spacial score (nSPS) is 11.3. The van der Waals surface area contributed by atoms with E-state index in [2.05, 4.69) is 5.32 Å². The number of nitrogens with two attached hydrogens (primary N) is 2. The highest BCUT2D eigenvalue weighted by Gasteiger charge is 2.09. The number of anilines is 2. The number of rotatable bonds is 4. The van der Waals surface area contributed by atoms with Crippen molar-refractivity contribution in [1.29, 1.82) is 0 Å². The molecule has 0 aliphatic heterocycles. The van der Waals surface area contributed by atoms with Gasteiger partial charge in [0.1, 0.15) is 0 Å². The average molecular weight is 229 g/mol. The monoisotopic (exact) mass is 229 g/mol. The Hall–Kier alpha value is -1.27. The number of hydrogen-bond acceptors (Lipinski definition) is 4. The van der Waals surface area contributed by atoms with E-state index in [0.717, 1.165) is 13.0 Å². The molecular weight excluding hydrogens is 214 g/mol. The molecule has 0 bridgehead atoms. The van der Waals surface area contributed by atoms with Crippen LogP contribution in [-0.4, -0.2) is 15.0 Å². The summed E-state index contributed by atoms with van der Waals surface area (Å²) in [7, 11) is -3.69. The van der Waals surface area contributed by atoms with Crippen molar-refractivity contribution in [3.63, 3.8) is 0 Å². The summed E-state index contributed by atoms with van der Waals surface area (Å²) in [5, 5.41) is 8.06. The molecule has 0 aliphatic carbocycles. The third-order valence-corrected chi connectivity index (χ3v) is 2.73. The third-order valence-electron chi connectivity index (χ3n) is 1.84. The first-order chi connectivity index (χ1) is 6.93. The van der Waals surface area contributed by atoms with Gasteiger partial charge >= 0.3 is 0 Å². The van der Waals surface area contributed by atoms with Gasteiger partial charge in [0.15, 0.2) is 0 Å². The van der Waals surface area contributed by atoms with Crippen molar-refractivity contribution in [3.05, 3.63) is 18.2 Å². The fourth-order valence-electron chi connectivity index (χ4n) is 1.16. The summed E-state index contributed by atoms with van der Waals surface area (Å²) < 4.78 is 22.2. The molecule has 0 amide bonds. The second kappa shape index (κ2) is 4.50. The number of hydrogen-bond donors (Lipinski definition) is 3. The van der Waals surface area contributed by atoms with Crippen LogP contribution in [0.1, 0.15) is 13.3 Å². The van der Waals surface area contributed by atoms with E-state index in [1.807, 2.05) is 6.92 Å². The van der Waals surface area contributed by atoms with E-state index in [4.69, 9.17) is 10.9 Å². The number of primary sulfonamides is 1. The van der Waals surface area contributed by atoms with Gasteiger partial charge in [-0.1, -0.05) is 6.92 Å². The van der Waals surface area contributed by atoms with E-state index in [1.165, 1.54) is 12.1 Å². The summed E-state index contributed by atoms with van der Waals surface area (Å²) in [6.07, 6.45) is 0.944. The van der Waals surface area contributed by atoms with E-state index in [9.17, 15) is 8.42 Å². The lowest BCUT2D eigenvalue weighted by Gasteiger charge is -2.07. The largest absolute Gasteiger partial charge is 0.399 e. The Morgan fingerprint density at radius 1 is 1.33 bits per heavy atom. The summed E-state index contributed by atoms with van der Waals surface area (Å²) in [6.45, 7) is 2.77. The molecule has 0 fully saturated rings. The van der Waals surface area contributed by atoms with Gasteiger partial charge in [0.25, 0.3) is 0 Å². The Morgan fingerprint density at radius 3 is 2.53 bits per heavy atom. The van der Waals surface area contributed by atoms with E-state index in [-0.39, 0.29) is 4.90 Å². The van der Waals surface area contributed by atoms with Crippen molar-refractivity contribution < 1.29 is 8.42 Å². The molecule has 15 heavy (non-hydrogen) atoms. The Bertz CT molecular complexity index is 443. The van der Waals surface area contributed by atoms with Crippen molar-refractivity contribution in [3.8, 4) is 0 Å². The van der Waals surface area contributed by atoms with Gasteiger partial charge in [0, 0.05) is 17.9 Å². The zero-order valence-corrected chi connectivity index (χ0v) is 9.34. The van der Waals surface area contributed by atoms with Crippen LogP contribution in [0.2, 0.25) is 0 Å². The molecule has 0 spiro atoms. The van der Waals surface area contributed by atoms with Crippen LogP contribution >= 0.6 is 0 Å². The molecule has 0 unspecified atom stereocenters. The SMILES string of the molecule is CCCNc1cc(N)cc(S(N)(=O)=O)c1. The summed E-state index contributed by atoms with van der Waals surface area (Å²) in [5.41, 5.74) is 6.61. The quantitative estimate of drug-likeness (QED) is 0.663. The van der Waals surface area contributed by atoms with Gasteiger partial charge in [0.05, 0.1) is 4.90 Å². The van der Waals surface area contributed by atoms with Gasteiger partial charge in [-0.05, 0) is 24.6 Å². The first kappa shape index (κ1) is 11.8. The Balaban J connectivity index is 3.06. The van der Waals surface area contributed by atoms with Crippen molar-refractivity contribution >= 4 is 21.4 Å². The number of nitrogens with one attached hydrogen (secondary N) is 1. The van der Waals surface area contributed by atoms with Crippen LogP contribution in [0, 0.1) is 0 Å². The van der Waals surface area contributed by atoms with Crippen molar-refractivity contribution in [2.24, 2.45) is 5.14 Å². The van der Waals surface area contributed by atoms with Crippen LogP contribution in [0.15, 0.2) is 23.1 Å². The molecule has 0 saturated carbocycles. The first-order valence-corrected chi connectivity index (χ1v) is 6.15. The summed E-state index contributed by atoms with van der Waals surface area (Å²) in [6, 6.07) is 4.48. The van der Waals surface area contributed by atoms with Crippen LogP contribution in [0.5, 0.6) is 0 Å². The van der Waals surface area contributed by atoms with Gasteiger partial charge in [0.2, 0.25) is 10.0 Å². The van der Waals surface area contributed by atoms with E-state index in [1.54, 1.807) is 6.07 Å². The van der Waals surface area contributed by atoms with Gasteiger partial charge < -0.3 is 11.1 Å². The molecule has 6 heteroatoms. The van der Waals surface area contributed by atoms with E-state index < -0.39 is 10.0 Å². The molecule has 0 aromatic heterocycles. The molecule has 5 nitrogen and oxygen atoms in total. The van der Waals surface area contributed by atoms with E-state index >= 15 is 0 Å². The average Bonchev–Trinajstić information content (AvgIpc) is 2.12. The minimum atomic E-state index is -3.69. The Labute approximate surface area is 89.5 Å². The minimum absolute atomic E-state index is 0.0288. The van der Waals surface area contributed by atoms with Crippen LogP contribution in [0.25, 0.3) is 0 Å². The molecule has 1 rings (SSSR count). The van der Waals surface area contributed by atoms with Gasteiger partial charge in [-0.3, -0.25) is 0 Å². The van der Waals surface area contributed by atoms with E-state index in [0.29, 0.717) is 11.4 Å². The third kappa shape index (κ3) is 3.41. The van der Waals surface area contributed by atoms with Crippen LogP contribution in [-0.2, 0) is 10.0 Å². The molecule has 1 aromatic rings. The molecule has 84 valence electrons. The molecule has 5 N–H and O–H groups in total. The zero-order chi connectivity index (χ0) is 11.5. The van der Waals surface area contributed by atoms with Gasteiger partial charge in [-0.2, -0.15) is 0 Å². The number of sulfonamides is 1. The lowest BCUT2D eigenvalue weighted by Crippen LogP contribution is -2.13. The molecule has 0 radical (unpaired) electrons. The fourth-order valence-corrected chi connectivity index (χ4v) is 1.75. The minimum Gasteiger partial charge on any atom is -0.399 e. The van der Waals surface area contributed by atoms with Crippen molar-refractivity contribution in [2.75, 3.05) is 17.6 Å². The van der Waals surface area contributed by atoms with Crippen LogP contribution < -0.4 is 16.2 Å². The summed E-state index contributed by atoms with van der Waals surface area (Å²) in [5.74, 6) is 0. The molecule has 0 heterocycles. The number of benzene rings is 1. The predicted molar refractivity (Wildman–Crippen MR) is 61.0 cm³/mol. The highest BCUT2D eigenvalue weighted by molar-refractivity contribution is 7.89. The lowest BCUT2D eigenvalue weighted by molar-refractivity contribution is 0.598. The molecule has 0 aliphatic rings. The second-order valence-electron chi connectivity index (χ2n) is 3.26. The first-order valence-electron chi connectivity index (χ1n) is 4.60. The summed E-state index contributed by atoms with van der Waals surface area (Å²) >= 11 is 0. The highest BCUT2D eigenvalue weighted by Crippen LogP contribution is 2.19. The predicted octanol–water partition coefficient (Wildman–Crippen LogP) is 0.738. The fraction of sp³-hybridized carbons (Fsp3) is 0.333. The Morgan fingerprint density at radius 2 is 2.00 bits per heavy atom. The lowest BCUT2D eigenvalue weighted by atomic mass is 10.3. The zero-order valence-electron chi connectivity index (χ0n) is 8.53. The molecular formula is C9H15N3O2S. The summed E-state index contributed by atoms with van der Waals surface area (Å²) in [4.78, 5) is 0.0288. The maximum absolute atomic E-state index is 11.1. The van der Waals surface area contributed by atoms with Crippen LogP contribution in [0.4, 0.5) is 11.4 Å². The standard InChI is InChI=1S/C9H15N3O2S/c1-2-3-12-8-4-7(10)5-9(6-8)15(11,13)14/h4-6,12H,2-3,10H2,1H3,(H2,11,13,14). The molecule has 1 aromatic carbocycles. The van der Waals surface area contributed by atoms with Crippen molar-refractivity contribution in [2.45, 2.75) is 18.2 Å². The topological polar surface area (TPSA) is 98.2 Å². The van der Waals surface area contributed by atoms with Crippen molar-refractivity contribution in [1.82, 2.24) is 0 Å². The maximum Gasteiger partial charge on any atom is 0.238 e. The molecule has 0 atom stereocenters. The van der Waals surface area contributed by atoms with Gasteiger partial charge in [-0.25, -0.2) is 13.6 Å². The van der Waals surface area contributed by atoms with Gasteiger partial charge in [-0.15, -0.1) is 0 Å².